The van der Waals surface area contributed by atoms with E-state index in [0.29, 0.717) is 27.3 Å². The van der Waals surface area contributed by atoms with Gasteiger partial charge in [0.25, 0.3) is 5.91 Å². The first kappa shape index (κ1) is 15.5. The van der Waals surface area contributed by atoms with E-state index < -0.39 is 0 Å². The number of ether oxygens (including phenoxy) is 1. The van der Waals surface area contributed by atoms with Gasteiger partial charge in [0.15, 0.2) is 5.75 Å². The predicted molar refractivity (Wildman–Crippen MR) is 81.9 cm³/mol. The highest BCUT2D eigenvalue weighted by Gasteiger charge is 2.24. The summed E-state index contributed by atoms with van der Waals surface area (Å²) in [6.45, 7) is 2.18. The van der Waals surface area contributed by atoms with Crippen LogP contribution in [0.1, 0.15) is 43.0 Å². The minimum atomic E-state index is -0.129. The maximum atomic E-state index is 12.3. The average molecular weight is 316 g/mol. The van der Waals surface area contributed by atoms with Gasteiger partial charge in [-0.1, -0.05) is 43.0 Å². The maximum Gasteiger partial charge on any atom is 0.251 e. The van der Waals surface area contributed by atoms with Gasteiger partial charge in [-0.25, -0.2) is 0 Å². The number of carbonyl (C=O) groups is 1. The highest BCUT2D eigenvalue weighted by atomic mass is 35.5. The standard InChI is InChI=1S/C15H19Cl2NO2/c1-9-5-3-4-6-13(9)18-15(19)10-7-11(16)14(20-2)12(17)8-10/h7-9,13H,3-6H2,1-2H3,(H,18,19)/t9-,13-/m0/s1. The van der Waals surface area contributed by atoms with Crippen molar-refractivity contribution in [1.82, 2.24) is 5.32 Å². The Morgan fingerprint density at radius 2 is 1.85 bits per heavy atom. The number of rotatable bonds is 3. The fourth-order valence-electron chi connectivity index (χ4n) is 2.67. The Kier molecular flexibility index (Phi) is 5.17. The first-order valence-electron chi connectivity index (χ1n) is 6.87. The molecule has 1 fully saturated rings. The molecule has 0 bridgehead atoms. The predicted octanol–water partition coefficient (Wildman–Crippen LogP) is 4.31. The van der Waals surface area contributed by atoms with E-state index in [0.717, 1.165) is 12.8 Å². The van der Waals surface area contributed by atoms with Gasteiger partial charge in [0, 0.05) is 11.6 Å². The maximum absolute atomic E-state index is 12.3. The van der Waals surface area contributed by atoms with Gasteiger partial charge in [-0.05, 0) is 30.9 Å². The Morgan fingerprint density at radius 1 is 1.25 bits per heavy atom. The van der Waals surface area contributed by atoms with Crippen LogP contribution in [0, 0.1) is 5.92 Å². The van der Waals surface area contributed by atoms with Crippen molar-refractivity contribution in [2.75, 3.05) is 7.11 Å². The first-order valence-corrected chi connectivity index (χ1v) is 7.62. The number of amides is 1. The molecule has 1 N–H and O–H groups in total. The van der Waals surface area contributed by atoms with E-state index in [1.54, 1.807) is 12.1 Å². The summed E-state index contributed by atoms with van der Waals surface area (Å²) in [6, 6.07) is 3.42. The third-order valence-electron chi connectivity index (χ3n) is 3.89. The van der Waals surface area contributed by atoms with Gasteiger partial charge >= 0.3 is 0 Å². The van der Waals surface area contributed by atoms with Crippen LogP contribution in [-0.4, -0.2) is 19.1 Å². The molecule has 1 aliphatic rings. The van der Waals surface area contributed by atoms with Crippen molar-refractivity contribution in [1.29, 1.82) is 0 Å². The molecule has 0 saturated heterocycles. The Hall–Kier alpha value is -0.930. The zero-order valence-electron chi connectivity index (χ0n) is 11.7. The van der Waals surface area contributed by atoms with E-state index in [4.69, 9.17) is 27.9 Å². The molecule has 0 radical (unpaired) electrons. The quantitative estimate of drug-likeness (QED) is 0.902. The fraction of sp³-hybridized carbons (Fsp3) is 0.533. The van der Waals surface area contributed by atoms with Gasteiger partial charge in [-0.2, -0.15) is 0 Å². The monoisotopic (exact) mass is 315 g/mol. The number of hydrogen-bond donors (Lipinski definition) is 1. The largest absolute Gasteiger partial charge is 0.494 e. The molecular formula is C15H19Cl2NO2. The molecule has 1 aromatic rings. The summed E-state index contributed by atoms with van der Waals surface area (Å²) in [7, 11) is 1.50. The summed E-state index contributed by atoms with van der Waals surface area (Å²) in [5.74, 6) is 0.781. The summed E-state index contributed by atoms with van der Waals surface area (Å²) in [5, 5.41) is 3.78. The number of benzene rings is 1. The zero-order valence-corrected chi connectivity index (χ0v) is 13.2. The Bertz CT molecular complexity index is 482. The molecule has 0 aliphatic heterocycles. The van der Waals surface area contributed by atoms with Crippen LogP contribution in [-0.2, 0) is 0 Å². The second-order valence-corrected chi connectivity index (χ2v) is 6.13. The van der Waals surface area contributed by atoms with Crippen LogP contribution in [0.4, 0.5) is 0 Å². The zero-order chi connectivity index (χ0) is 14.7. The lowest BCUT2D eigenvalue weighted by Crippen LogP contribution is -2.41. The van der Waals surface area contributed by atoms with Crippen molar-refractivity contribution in [3.05, 3.63) is 27.7 Å². The van der Waals surface area contributed by atoms with Crippen molar-refractivity contribution in [2.24, 2.45) is 5.92 Å². The summed E-state index contributed by atoms with van der Waals surface area (Å²) < 4.78 is 5.08. The van der Waals surface area contributed by atoms with Crippen LogP contribution in [0.15, 0.2) is 12.1 Å². The lowest BCUT2D eigenvalue weighted by atomic mass is 9.86. The molecule has 20 heavy (non-hydrogen) atoms. The molecule has 1 saturated carbocycles. The van der Waals surface area contributed by atoms with Crippen molar-refractivity contribution >= 4 is 29.1 Å². The second-order valence-electron chi connectivity index (χ2n) is 5.31. The van der Waals surface area contributed by atoms with Crippen LogP contribution >= 0.6 is 23.2 Å². The van der Waals surface area contributed by atoms with Gasteiger partial charge in [0.2, 0.25) is 0 Å². The van der Waals surface area contributed by atoms with Crippen molar-refractivity contribution in [3.63, 3.8) is 0 Å². The molecular weight excluding hydrogens is 297 g/mol. The van der Waals surface area contributed by atoms with Crippen LogP contribution in [0.25, 0.3) is 0 Å². The van der Waals surface area contributed by atoms with Crippen molar-refractivity contribution < 1.29 is 9.53 Å². The lowest BCUT2D eigenvalue weighted by molar-refractivity contribution is 0.0910. The van der Waals surface area contributed by atoms with Crippen molar-refractivity contribution in [2.45, 2.75) is 38.6 Å². The minimum absolute atomic E-state index is 0.129. The average Bonchev–Trinajstić information content (AvgIpc) is 2.41. The first-order chi connectivity index (χ1) is 9.52. The lowest BCUT2D eigenvalue weighted by Gasteiger charge is -2.29. The number of nitrogens with one attached hydrogen (secondary N) is 1. The van der Waals surface area contributed by atoms with Crippen LogP contribution in [0.5, 0.6) is 5.75 Å². The summed E-state index contributed by atoms with van der Waals surface area (Å²) >= 11 is 12.1. The molecule has 2 rings (SSSR count). The SMILES string of the molecule is COc1c(Cl)cc(C(=O)N[C@H]2CCCC[C@@H]2C)cc1Cl. The van der Waals surface area contributed by atoms with Crippen molar-refractivity contribution in [3.8, 4) is 5.75 Å². The highest BCUT2D eigenvalue weighted by molar-refractivity contribution is 6.37. The van der Waals surface area contributed by atoms with Gasteiger partial charge < -0.3 is 10.1 Å². The number of methoxy groups -OCH3 is 1. The normalized spacial score (nSPS) is 22.4. The molecule has 0 heterocycles. The van der Waals surface area contributed by atoms with Gasteiger partial charge in [-0.15, -0.1) is 0 Å². The molecule has 1 aliphatic carbocycles. The second kappa shape index (κ2) is 6.68. The Balaban J connectivity index is 2.13. The van der Waals surface area contributed by atoms with Crippen LogP contribution < -0.4 is 10.1 Å². The van der Waals surface area contributed by atoms with E-state index in [1.807, 2.05) is 0 Å². The Morgan fingerprint density at radius 3 is 2.40 bits per heavy atom. The minimum Gasteiger partial charge on any atom is -0.494 e. The summed E-state index contributed by atoms with van der Waals surface area (Å²) in [6.07, 6.45) is 4.60. The number of carbonyl (C=O) groups excluding carboxylic acids is 1. The molecule has 0 spiro atoms. The van der Waals surface area contributed by atoms with Gasteiger partial charge in [-0.3, -0.25) is 4.79 Å². The van der Waals surface area contributed by atoms with Crippen LogP contribution in [0.3, 0.4) is 0 Å². The highest BCUT2D eigenvalue weighted by Crippen LogP contribution is 2.34. The van der Waals surface area contributed by atoms with E-state index in [2.05, 4.69) is 12.2 Å². The van der Waals surface area contributed by atoms with E-state index >= 15 is 0 Å². The third-order valence-corrected chi connectivity index (χ3v) is 4.45. The molecule has 1 aromatic carbocycles. The summed E-state index contributed by atoms with van der Waals surface area (Å²) in [4.78, 5) is 12.3. The molecule has 0 aromatic heterocycles. The molecule has 2 atom stereocenters. The molecule has 1 amide bonds. The van der Waals surface area contributed by atoms with Gasteiger partial charge in [0.1, 0.15) is 0 Å². The molecule has 0 unspecified atom stereocenters. The molecule has 5 heteroatoms. The summed E-state index contributed by atoms with van der Waals surface area (Å²) in [5.41, 5.74) is 0.471. The van der Waals surface area contributed by atoms with Gasteiger partial charge in [0.05, 0.1) is 17.2 Å². The topological polar surface area (TPSA) is 38.3 Å². The van der Waals surface area contributed by atoms with Crippen LogP contribution in [0.2, 0.25) is 10.0 Å². The van der Waals surface area contributed by atoms with E-state index in [-0.39, 0.29) is 11.9 Å². The van der Waals surface area contributed by atoms with E-state index in [1.165, 1.54) is 20.0 Å². The smallest absolute Gasteiger partial charge is 0.251 e. The molecule has 3 nitrogen and oxygen atoms in total. The fourth-order valence-corrected chi connectivity index (χ4v) is 3.31. The molecule has 110 valence electrons. The number of halogens is 2. The van der Waals surface area contributed by atoms with E-state index in [9.17, 15) is 4.79 Å². The Labute approximate surface area is 129 Å². The third kappa shape index (κ3) is 3.39. The number of hydrogen-bond acceptors (Lipinski definition) is 2.